The molecule has 3 aliphatic rings. The second-order valence-electron chi connectivity index (χ2n) is 15.3. The molecule has 258 valence electrons. The van der Waals surface area contributed by atoms with Gasteiger partial charge >= 0.3 is 0 Å². The largest absolute Gasteiger partial charge is 0.310 e. The summed E-state index contributed by atoms with van der Waals surface area (Å²) in [7, 11) is 0. The van der Waals surface area contributed by atoms with Gasteiger partial charge in [0.2, 0.25) is 0 Å². The molecule has 2 atom stereocenters. The molecule has 0 amide bonds. The molecule has 11 rings (SSSR count). The number of rotatable bonds is 4. The molecule has 2 nitrogen and oxygen atoms in total. The van der Waals surface area contributed by atoms with E-state index in [4.69, 9.17) is 0 Å². The molecule has 0 saturated carbocycles. The normalized spacial score (nSPS) is 17.4. The van der Waals surface area contributed by atoms with Gasteiger partial charge in [-0.2, -0.15) is 0 Å². The maximum absolute atomic E-state index is 2.55. The number of anilines is 6. The SMILES string of the molecule is CC1(C)c2cc(N(c3ccccc3)c3ccccc3)ccc2N(c2ccc3sc4ccccc4c3c2)c2cc3c(cc21)-c1ccccc1C1C=CC=CC31. The van der Waals surface area contributed by atoms with Crippen molar-refractivity contribution in [2.75, 3.05) is 9.80 Å². The highest BCUT2D eigenvalue weighted by atomic mass is 32.1. The number of nitrogens with zero attached hydrogens (tertiary/aromatic N) is 2. The summed E-state index contributed by atoms with van der Waals surface area (Å²) in [5.74, 6) is 0.611. The first-order valence-corrected chi connectivity index (χ1v) is 19.8. The molecule has 0 radical (unpaired) electrons. The summed E-state index contributed by atoms with van der Waals surface area (Å²) in [5.41, 5.74) is 15.0. The fraction of sp³-hybridized carbons (Fsp3) is 0.0980. The van der Waals surface area contributed by atoms with E-state index in [9.17, 15) is 0 Å². The van der Waals surface area contributed by atoms with E-state index in [0.29, 0.717) is 5.92 Å². The quantitative estimate of drug-likeness (QED) is 0.179. The van der Waals surface area contributed by atoms with Gasteiger partial charge in [0.15, 0.2) is 0 Å². The molecule has 7 aromatic carbocycles. The first kappa shape index (κ1) is 31.4. The molecule has 0 fully saturated rings. The van der Waals surface area contributed by atoms with Crippen LogP contribution in [0.4, 0.5) is 34.1 Å². The number of allylic oxidation sites excluding steroid dienone is 4. The third kappa shape index (κ3) is 4.65. The fourth-order valence-corrected chi connectivity index (χ4v) is 10.5. The third-order valence-electron chi connectivity index (χ3n) is 12.0. The maximum atomic E-state index is 2.55. The molecular formula is C51H38N2S. The molecule has 2 aliphatic carbocycles. The predicted octanol–water partition coefficient (Wildman–Crippen LogP) is 14.6. The summed E-state index contributed by atoms with van der Waals surface area (Å²) in [6.07, 6.45) is 9.26. The van der Waals surface area contributed by atoms with Gasteiger partial charge in [-0.15, -0.1) is 11.3 Å². The zero-order chi connectivity index (χ0) is 36.0. The Balaban J connectivity index is 1.18. The molecule has 0 bridgehead atoms. The molecule has 2 unspecified atom stereocenters. The molecule has 3 heteroatoms. The summed E-state index contributed by atoms with van der Waals surface area (Å²) in [4.78, 5) is 4.94. The van der Waals surface area contributed by atoms with Gasteiger partial charge in [-0.3, -0.25) is 0 Å². The highest BCUT2D eigenvalue weighted by Crippen LogP contribution is 2.58. The minimum Gasteiger partial charge on any atom is -0.310 e. The van der Waals surface area contributed by atoms with E-state index < -0.39 is 0 Å². The maximum Gasteiger partial charge on any atom is 0.0506 e. The highest BCUT2D eigenvalue weighted by Gasteiger charge is 2.41. The molecular weight excluding hydrogens is 673 g/mol. The Bertz CT molecular complexity index is 2790. The van der Waals surface area contributed by atoms with Crippen LogP contribution in [0.3, 0.4) is 0 Å². The van der Waals surface area contributed by atoms with Gasteiger partial charge in [0.05, 0.1) is 11.4 Å². The Hall–Kier alpha value is -6.16. The van der Waals surface area contributed by atoms with Crippen LogP contribution < -0.4 is 9.80 Å². The minimum absolute atomic E-state index is 0.285. The smallest absolute Gasteiger partial charge is 0.0506 e. The molecule has 0 spiro atoms. The summed E-state index contributed by atoms with van der Waals surface area (Å²) in [6.45, 7) is 4.84. The van der Waals surface area contributed by atoms with Crippen molar-refractivity contribution < 1.29 is 0 Å². The second-order valence-corrected chi connectivity index (χ2v) is 16.4. The first-order valence-electron chi connectivity index (χ1n) is 18.9. The van der Waals surface area contributed by atoms with E-state index in [1.807, 2.05) is 11.3 Å². The van der Waals surface area contributed by atoms with E-state index in [0.717, 1.165) is 17.1 Å². The van der Waals surface area contributed by atoms with Gasteiger partial charge in [0.25, 0.3) is 0 Å². The van der Waals surface area contributed by atoms with Crippen LogP contribution in [0.1, 0.15) is 47.9 Å². The standard InChI is InChI=1S/C51H38N2S/c1-51(2)45-30-36(52(33-15-5-3-6-16-33)34-17-7-4-8-18-34)25-27-47(45)53(35-26-28-50-44(29-35)41-23-13-14-24-49(41)54-50)48-32-43-40-22-12-10-20-38(40)37-19-9-11-21-39(37)42(43)31-46(48)51/h3-32,38,40H,1-2H3. The number of thiophene rings is 1. The number of benzene rings is 7. The lowest BCUT2D eigenvalue weighted by molar-refractivity contribution is 0.630. The van der Waals surface area contributed by atoms with E-state index in [1.54, 1.807) is 0 Å². The molecule has 8 aromatic rings. The van der Waals surface area contributed by atoms with E-state index >= 15 is 0 Å². The Labute approximate surface area is 320 Å². The van der Waals surface area contributed by atoms with Crippen molar-refractivity contribution in [1.82, 2.24) is 0 Å². The average molecular weight is 711 g/mol. The Kier molecular flexibility index (Phi) is 6.93. The van der Waals surface area contributed by atoms with Crippen molar-refractivity contribution >= 4 is 65.6 Å². The van der Waals surface area contributed by atoms with Crippen molar-refractivity contribution in [1.29, 1.82) is 0 Å². The van der Waals surface area contributed by atoms with Crippen LogP contribution in [0, 0.1) is 0 Å². The van der Waals surface area contributed by atoms with Crippen molar-refractivity contribution in [3.05, 3.63) is 204 Å². The number of hydrogen-bond donors (Lipinski definition) is 0. The summed E-state index contributed by atoms with van der Waals surface area (Å²) in [6, 6.07) is 58.6. The van der Waals surface area contributed by atoms with E-state index in [-0.39, 0.29) is 11.3 Å². The van der Waals surface area contributed by atoms with Gasteiger partial charge < -0.3 is 9.80 Å². The van der Waals surface area contributed by atoms with Crippen LogP contribution in [-0.4, -0.2) is 0 Å². The van der Waals surface area contributed by atoms with Crippen molar-refractivity contribution in [3.63, 3.8) is 0 Å². The summed E-state index contributed by atoms with van der Waals surface area (Å²) >= 11 is 1.88. The number of fused-ring (bicyclic) bond motifs is 11. The van der Waals surface area contributed by atoms with Gasteiger partial charge in [0, 0.05) is 60.2 Å². The van der Waals surface area contributed by atoms with Crippen molar-refractivity contribution in [3.8, 4) is 11.1 Å². The van der Waals surface area contributed by atoms with Crippen LogP contribution in [-0.2, 0) is 5.41 Å². The molecule has 1 aromatic heterocycles. The summed E-state index contributed by atoms with van der Waals surface area (Å²) in [5, 5.41) is 2.63. The van der Waals surface area contributed by atoms with Gasteiger partial charge in [-0.1, -0.05) is 117 Å². The lowest BCUT2D eigenvalue weighted by Crippen LogP contribution is -2.32. The zero-order valence-corrected chi connectivity index (χ0v) is 31.1. The van der Waals surface area contributed by atoms with E-state index in [1.165, 1.54) is 70.6 Å². The molecule has 0 N–H and O–H groups in total. The molecule has 2 heterocycles. The third-order valence-corrected chi connectivity index (χ3v) is 13.1. The van der Waals surface area contributed by atoms with Crippen molar-refractivity contribution in [2.45, 2.75) is 31.1 Å². The minimum atomic E-state index is -0.293. The Morgan fingerprint density at radius 3 is 1.93 bits per heavy atom. The van der Waals surface area contributed by atoms with Crippen LogP contribution >= 0.6 is 11.3 Å². The molecule has 1 aliphatic heterocycles. The lowest BCUT2D eigenvalue weighted by atomic mass is 9.66. The van der Waals surface area contributed by atoms with Crippen LogP contribution in [0.2, 0.25) is 0 Å². The zero-order valence-electron chi connectivity index (χ0n) is 30.3. The molecule has 54 heavy (non-hydrogen) atoms. The topological polar surface area (TPSA) is 6.48 Å². The van der Waals surface area contributed by atoms with Gasteiger partial charge in [-0.25, -0.2) is 0 Å². The van der Waals surface area contributed by atoms with Crippen LogP contribution in [0.15, 0.2) is 182 Å². The van der Waals surface area contributed by atoms with Crippen molar-refractivity contribution in [2.24, 2.45) is 0 Å². The number of hydrogen-bond acceptors (Lipinski definition) is 3. The van der Waals surface area contributed by atoms with Crippen LogP contribution in [0.25, 0.3) is 31.3 Å². The number of para-hydroxylation sites is 2. The first-order chi connectivity index (χ1) is 26.5. The van der Waals surface area contributed by atoms with Gasteiger partial charge in [-0.05, 0) is 112 Å². The Morgan fingerprint density at radius 2 is 1.15 bits per heavy atom. The molecule has 0 saturated heterocycles. The fourth-order valence-electron chi connectivity index (χ4n) is 9.40. The predicted molar refractivity (Wildman–Crippen MR) is 230 cm³/mol. The van der Waals surface area contributed by atoms with E-state index in [2.05, 4.69) is 206 Å². The highest BCUT2D eigenvalue weighted by molar-refractivity contribution is 7.25. The lowest BCUT2D eigenvalue weighted by Gasteiger charge is -2.44. The average Bonchev–Trinajstić information content (AvgIpc) is 3.60. The summed E-state index contributed by atoms with van der Waals surface area (Å²) < 4.78 is 2.64. The monoisotopic (exact) mass is 710 g/mol. The van der Waals surface area contributed by atoms with Crippen LogP contribution in [0.5, 0.6) is 0 Å². The van der Waals surface area contributed by atoms with Gasteiger partial charge in [0.1, 0.15) is 0 Å². The Morgan fingerprint density at radius 1 is 0.500 bits per heavy atom. The second kappa shape index (κ2) is 11.9.